The van der Waals surface area contributed by atoms with E-state index in [0.29, 0.717) is 12.8 Å². The summed E-state index contributed by atoms with van der Waals surface area (Å²) in [5, 5.41) is 3.80. The molecule has 4 rings (SSSR count). The van der Waals surface area contributed by atoms with Crippen LogP contribution < -0.4 is 15.9 Å². The van der Waals surface area contributed by atoms with Crippen LogP contribution >= 0.6 is 7.92 Å². The van der Waals surface area contributed by atoms with Gasteiger partial charge in [-0.05, 0) is 47.8 Å². The van der Waals surface area contributed by atoms with Crippen molar-refractivity contribution in [1.82, 2.24) is 0 Å². The van der Waals surface area contributed by atoms with Crippen molar-refractivity contribution in [2.75, 3.05) is 0 Å². The van der Waals surface area contributed by atoms with Gasteiger partial charge in [-0.15, -0.1) is 0 Å². The molecule has 3 aromatic rings. The topological polar surface area (TPSA) is 26.3 Å². The quantitative estimate of drug-likeness (QED) is 0.139. The van der Waals surface area contributed by atoms with E-state index in [1.165, 1.54) is 15.9 Å². The molecule has 0 saturated carbocycles. The lowest BCUT2D eigenvalue weighted by Crippen LogP contribution is -2.27. The van der Waals surface area contributed by atoms with Crippen molar-refractivity contribution < 1.29 is 9.53 Å². The van der Waals surface area contributed by atoms with Crippen molar-refractivity contribution >= 4 is 35.4 Å². The number of hydrogen-bond acceptors (Lipinski definition) is 2. The average Bonchev–Trinajstić information content (AvgIpc) is 3.44. The lowest BCUT2D eigenvalue weighted by molar-refractivity contribution is -0.150. The van der Waals surface area contributed by atoms with Crippen LogP contribution in [0.4, 0.5) is 0 Å². The number of carbonyl (C=O) groups excluding carboxylic acids is 1. The number of esters is 1. The summed E-state index contributed by atoms with van der Waals surface area (Å²) < 4.78 is 6.15. The van der Waals surface area contributed by atoms with E-state index in [1.54, 1.807) is 0 Å². The molecule has 0 fully saturated rings. The molecule has 1 aliphatic carbocycles. The number of allylic oxidation sites excluding steroid dienone is 2. The van der Waals surface area contributed by atoms with E-state index in [0.717, 1.165) is 35.1 Å². The van der Waals surface area contributed by atoms with E-state index < -0.39 is 13.8 Å². The fourth-order valence-electron chi connectivity index (χ4n) is 4.76. The largest absolute Gasteiger partial charge is 0.461 e. The molecule has 0 aliphatic heterocycles. The number of carbonyl (C=O) groups is 1. The first-order valence-corrected chi connectivity index (χ1v) is 14.8. The van der Waals surface area contributed by atoms with Gasteiger partial charge in [0.1, 0.15) is 12.0 Å². The van der Waals surface area contributed by atoms with Crippen LogP contribution in [0, 0.1) is 5.92 Å². The van der Waals surface area contributed by atoms with Crippen molar-refractivity contribution in [2.45, 2.75) is 45.6 Å². The molecule has 0 heterocycles. The number of ether oxygens (including phenoxy) is 1. The molecule has 2 nitrogen and oxygen atoms in total. The molecule has 1 aliphatic rings. The molecule has 0 saturated heterocycles. The van der Waals surface area contributed by atoms with Gasteiger partial charge in [0.05, 0.1) is 0 Å². The highest BCUT2D eigenvalue weighted by Crippen LogP contribution is 2.39. The molecule has 0 amide bonds. The molecule has 0 spiro atoms. The summed E-state index contributed by atoms with van der Waals surface area (Å²) in [5.41, 5.74) is 4.27. The van der Waals surface area contributed by atoms with Crippen molar-refractivity contribution in [3.8, 4) is 0 Å². The summed E-state index contributed by atoms with van der Waals surface area (Å²) in [4.78, 5) is 13.6. The highest BCUT2D eigenvalue weighted by Gasteiger charge is 2.31. The van der Waals surface area contributed by atoms with E-state index in [1.807, 2.05) is 12.2 Å². The van der Waals surface area contributed by atoms with Gasteiger partial charge in [-0.1, -0.05) is 141 Å². The highest BCUT2D eigenvalue weighted by atomic mass is 31.1. The smallest absolute Gasteiger partial charge is 0.317 e. The molecular formula is C35H37O2P. The summed E-state index contributed by atoms with van der Waals surface area (Å²) in [7, 11) is -0.810. The Bertz CT molecular complexity index is 1260. The van der Waals surface area contributed by atoms with Gasteiger partial charge in [-0.3, -0.25) is 4.79 Å². The molecule has 38 heavy (non-hydrogen) atoms. The minimum Gasteiger partial charge on any atom is -0.461 e. The molecule has 1 unspecified atom stereocenters. The van der Waals surface area contributed by atoms with Crippen LogP contribution in [0.15, 0.2) is 127 Å². The SMILES string of the molecule is C=C(CC)CC(CC(=C)CC)OC(=O)C1C=CC=C1c1ccccc1P(c1ccccc1)c1ccccc1. The van der Waals surface area contributed by atoms with Crippen molar-refractivity contribution in [3.63, 3.8) is 0 Å². The lowest BCUT2D eigenvalue weighted by Gasteiger charge is -2.25. The van der Waals surface area contributed by atoms with Crippen molar-refractivity contribution in [1.29, 1.82) is 0 Å². The Labute approximate surface area is 229 Å². The Kier molecular flexibility index (Phi) is 9.68. The first-order chi connectivity index (χ1) is 18.5. The molecule has 0 bridgehead atoms. The van der Waals surface area contributed by atoms with Crippen LogP contribution in [0.5, 0.6) is 0 Å². The number of rotatable bonds is 12. The predicted molar refractivity (Wildman–Crippen MR) is 164 cm³/mol. The third kappa shape index (κ3) is 6.69. The molecule has 3 heteroatoms. The summed E-state index contributed by atoms with van der Waals surface area (Å²) >= 11 is 0. The second kappa shape index (κ2) is 13.4. The lowest BCUT2D eigenvalue weighted by atomic mass is 9.95. The Morgan fingerprint density at radius 3 is 1.89 bits per heavy atom. The molecular weight excluding hydrogens is 483 g/mol. The monoisotopic (exact) mass is 520 g/mol. The standard InChI is InChI=1S/C35H37O2P/c1-5-26(3)24-28(25-27(4)6-2)37-35(36)33-22-15-21-31(33)32-20-13-14-23-34(32)38(29-16-9-7-10-17-29)30-18-11-8-12-19-30/h7-23,28,33H,3-6,24-25H2,1-2H3. The Hall–Kier alpha value is -3.48. The maximum Gasteiger partial charge on any atom is 0.317 e. The minimum absolute atomic E-state index is 0.207. The summed E-state index contributed by atoms with van der Waals surface area (Å²) in [5.74, 6) is -0.645. The Morgan fingerprint density at radius 2 is 1.34 bits per heavy atom. The molecule has 194 valence electrons. The van der Waals surface area contributed by atoms with Gasteiger partial charge in [0.25, 0.3) is 0 Å². The molecule has 1 atom stereocenters. The van der Waals surface area contributed by atoms with Gasteiger partial charge in [-0.25, -0.2) is 0 Å². The van der Waals surface area contributed by atoms with Gasteiger partial charge in [-0.2, -0.15) is 0 Å². The predicted octanol–water partition coefficient (Wildman–Crippen LogP) is 7.64. The van der Waals surface area contributed by atoms with Gasteiger partial charge in [0.2, 0.25) is 0 Å². The second-order valence-corrected chi connectivity index (χ2v) is 11.9. The number of benzene rings is 3. The molecule has 0 aromatic heterocycles. The normalized spacial score (nSPS) is 14.5. The maximum atomic E-state index is 13.6. The molecule has 3 aromatic carbocycles. The summed E-state index contributed by atoms with van der Waals surface area (Å²) in [6.07, 6.45) is 8.85. The Balaban J connectivity index is 1.67. The van der Waals surface area contributed by atoms with Crippen molar-refractivity contribution in [2.24, 2.45) is 5.92 Å². The van der Waals surface area contributed by atoms with E-state index >= 15 is 0 Å². The third-order valence-electron chi connectivity index (χ3n) is 6.97. The van der Waals surface area contributed by atoms with Gasteiger partial charge in [0.15, 0.2) is 0 Å². The average molecular weight is 521 g/mol. The fraction of sp³-hybridized carbons (Fsp3) is 0.229. The highest BCUT2D eigenvalue weighted by molar-refractivity contribution is 7.80. The van der Waals surface area contributed by atoms with Crippen LogP contribution in [-0.2, 0) is 9.53 Å². The van der Waals surface area contributed by atoms with Crippen molar-refractivity contribution in [3.05, 3.63) is 133 Å². The zero-order valence-corrected chi connectivity index (χ0v) is 23.4. The van der Waals surface area contributed by atoms with Crippen LogP contribution in [0.25, 0.3) is 5.57 Å². The Morgan fingerprint density at radius 1 is 0.816 bits per heavy atom. The summed E-state index contributed by atoms with van der Waals surface area (Å²) in [6.45, 7) is 12.5. The first kappa shape index (κ1) is 27.6. The first-order valence-electron chi connectivity index (χ1n) is 13.4. The van der Waals surface area contributed by atoms with E-state index in [-0.39, 0.29) is 12.1 Å². The minimum atomic E-state index is -0.810. The zero-order chi connectivity index (χ0) is 26.9. The molecule has 0 radical (unpaired) electrons. The van der Waals surface area contributed by atoms with E-state index in [9.17, 15) is 4.79 Å². The maximum absolute atomic E-state index is 13.6. The van der Waals surface area contributed by atoms with Gasteiger partial charge < -0.3 is 4.74 Å². The molecule has 0 N–H and O–H groups in total. The zero-order valence-electron chi connectivity index (χ0n) is 22.5. The summed E-state index contributed by atoms with van der Waals surface area (Å²) in [6, 6.07) is 29.8. The van der Waals surface area contributed by atoms with Crippen LogP contribution in [-0.4, -0.2) is 12.1 Å². The third-order valence-corrected chi connectivity index (χ3v) is 9.47. The van der Waals surface area contributed by atoms with E-state index in [4.69, 9.17) is 4.74 Å². The van der Waals surface area contributed by atoms with Gasteiger partial charge in [0, 0.05) is 12.8 Å². The second-order valence-electron chi connectivity index (χ2n) is 9.68. The van der Waals surface area contributed by atoms with Crippen LogP contribution in [0.2, 0.25) is 0 Å². The van der Waals surface area contributed by atoms with E-state index in [2.05, 4.69) is 118 Å². The fourth-order valence-corrected chi connectivity index (χ4v) is 7.24. The van der Waals surface area contributed by atoms with Gasteiger partial charge >= 0.3 is 5.97 Å². The van der Waals surface area contributed by atoms with Crippen LogP contribution in [0.3, 0.4) is 0 Å². The number of hydrogen-bond donors (Lipinski definition) is 0. The van der Waals surface area contributed by atoms with Crippen LogP contribution in [0.1, 0.15) is 45.1 Å².